The summed E-state index contributed by atoms with van der Waals surface area (Å²) in [6, 6.07) is 1.85. The molecule has 96 valence electrons. The molecule has 0 saturated heterocycles. The summed E-state index contributed by atoms with van der Waals surface area (Å²) in [5, 5.41) is 14.7. The van der Waals surface area contributed by atoms with Gasteiger partial charge in [-0.3, -0.25) is 4.79 Å². The molecule has 0 amide bonds. The number of thiophene rings is 1. The SMILES string of the molecule is O=c1[nH]c(CNCC(O)C2CC2)nc2ccsc12. The van der Waals surface area contributed by atoms with Gasteiger partial charge in [-0.1, -0.05) is 0 Å². The second-order valence-corrected chi connectivity index (χ2v) is 5.60. The zero-order chi connectivity index (χ0) is 12.5. The van der Waals surface area contributed by atoms with Crippen LogP contribution in [0.5, 0.6) is 0 Å². The Kier molecular flexibility index (Phi) is 3.15. The molecule has 1 fully saturated rings. The van der Waals surface area contributed by atoms with Crippen LogP contribution in [-0.2, 0) is 6.54 Å². The first kappa shape index (κ1) is 11.8. The maximum Gasteiger partial charge on any atom is 0.268 e. The largest absolute Gasteiger partial charge is 0.392 e. The third-order valence-electron chi connectivity index (χ3n) is 3.18. The van der Waals surface area contributed by atoms with E-state index in [1.165, 1.54) is 11.3 Å². The lowest BCUT2D eigenvalue weighted by molar-refractivity contribution is 0.148. The van der Waals surface area contributed by atoms with Gasteiger partial charge in [0, 0.05) is 6.54 Å². The zero-order valence-electron chi connectivity index (χ0n) is 9.85. The average molecular weight is 265 g/mol. The van der Waals surface area contributed by atoms with Gasteiger partial charge in [-0.05, 0) is 30.2 Å². The Morgan fingerprint density at radius 1 is 1.61 bits per heavy atom. The summed E-state index contributed by atoms with van der Waals surface area (Å²) in [5.74, 6) is 1.08. The Morgan fingerprint density at radius 3 is 3.22 bits per heavy atom. The third kappa shape index (κ3) is 2.45. The molecular weight excluding hydrogens is 250 g/mol. The second kappa shape index (κ2) is 4.79. The van der Waals surface area contributed by atoms with Crippen LogP contribution in [0, 0.1) is 5.92 Å². The molecule has 0 radical (unpaired) electrons. The third-order valence-corrected chi connectivity index (χ3v) is 4.08. The highest BCUT2D eigenvalue weighted by molar-refractivity contribution is 7.17. The first-order valence-electron chi connectivity index (χ1n) is 6.09. The van der Waals surface area contributed by atoms with E-state index >= 15 is 0 Å². The Bertz CT molecular complexity index is 603. The molecule has 1 unspecified atom stereocenters. The summed E-state index contributed by atoms with van der Waals surface area (Å²) >= 11 is 1.40. The van der Waals surface area contributed by atoms with Crippen LogP contribution < -0.4 is 10.9 Å². The van der Waals surface area contributed by atoms with Crippen LogP contribution in [0.4, 0.5) is 0 Å². The van der Waals surface area contributed by atoms with Crippen molar-refractivity contribution >= 4 is 21.6 Å². The fourth-order valence-corrected chi connectivity index (χ4v) is 2.72. The summed E-state index contributed by atoms with van der Waals surface area (Å²) in [7, 11) is 0. The van der Waals surface area contributed by atoms with E-state index < -0.39 is 0 Å². The van der Waals surface area contributed by atoms with Gasteiger partial charge in [0.05, 0.1) is 18.2 Å². The lowest BCUT2D eigenvalue weighted by atomic mass is 10.2. The van der Waals surface area contributed by atoms with E-state index in [2.05, 4.69) is 15.3 Å². The number of aromatic nitrogens is 2. The highest BCUT2D eigenvalue weighted by atomic mass is 32.1. The molecule has 5 nitrogen and oxygen atoms in total. The van der Waals surface area contributed by atoms with Crippen LogP contribution in [0.25, 0.3) is 10.2 Å². The van der Waals surface area contributed by atoms with Gasteiger partial charge in [0.25, 0.3) is 5.56 Å². The molecule has 2 aromatic heterocycles. The van der Waals surface area contributed by atoms with Crippen molar-refractivity contribution in [3.05, 3.63) is 27.6 Å². The van der Waals surface area contributed by atoms with Crippen molar-refractivity contribution in [2.24, 2.45) is 5.92 Å². The minimum absolute atomic E-state index is 0.0884. The van der Waals surface area contributed by atoms with Crippen LogP contribution in [0.15, 0.2) is 16.2 Å². The first-order valence-corrected chi connectivity index (χ1v) is 6.97. The smallest absolute Gasteiger partial charge is 0.268 e. The number of H-pyrrole nitrogens is 1. The fourth-order valence-electron chi connectivity index (χ4n) is 1.99. The molecular formula is C12H15N3O2S. The van der Waals surface area contributed by atoms with Gasteiger partial charge in [-0.2, -0.15) is 0 Å². The Morgan fingerprint density at radius 2 is 2.44 bits per heavy atom. The van der Waals surface area contributed by atoms with Crippen LogP contribution in [-0.4, -0.2) is 27.7 Å². The normalized spacial score (nSPS) is 17.2. The summed E-state index contributed by atoms with van der Waals surface area (Å²) in [4.78, 5) is 18.8. The molecule has 1 atom stereocenters. The van der Waals surface area contributed by atoms with E-state index in [-0.39, 0.29) is 11.7 Å². The van der Waals surface area contributed by atoms with E-state index in [1.54, 1.807) is 0 Å². The van der Waals surface area contributed by atoms with Crippen molar-refractivity contribution in [3.63, 3.8) is 0 Å². The first-order chi connectivity index (χ1) is 8.74. The van der Waals surface area contributed by atoms with Crippen molar-refractivity contribution in [1.82, 2.24) is 15.3 Å². The number of rotatable bonds is 5. The number of aliphatic hydroxyl groups excluding tert-OH is 1. The molecule has 1 aliphatic rings. The van der Waals surface area contributed by atoms with Crippen molar-refractivity contribution in [3.8, 4) is 0 Å². The second-order valence-electron chi connectivity index (χ2n) is 4.68. The molecule has 0 aromatic carbocycles. The minimum atomic E-state index is -0.276. The van der Waals surface area contributed by atoms with Crippen molar-refractivity contribution in [2.45, 2.75) is 25.5 Å². The van der Waals surface area contributed by atoms with Gasteiger partial charge >= 0.3 is 0 Å². The van der Waals surface area contributed by atoms with Gasteiger partial charge < -0.3 is 15.4 Å². The zero-order valence-corrected chi connectivity index (χ0v) is 10.7. The van der Waals surface area contributed by atoms with E-state index in [9.17, 15) is 9.90 Å². The summed E-state index contributed by atoms with van der Waals surface area (Å²) in [5.41, 5.74) is 0.651. The lowest BCUT2D eigenvalue weighted by Crippen LogP contribution is -2.29. The van der Waals surface area contributed by atoms with Gasteiger partial charge in [0.15, 0.2) is 0 Å². The Labute approximate surface area is 108 Å². The number of nitrogens with zero attached hydrogens (tertiary/aromatic N) is 1. The number of aromatic amines is 1. The molecule has 0 aliphatic heterocycles. The highest BCUT2D eigenvalue weighted by Crippen LogP contribution is 2.32. The summed E-state index contributed by atoms with van der Waals surface area (Å²) in [6.45, 7) is 1.03. The fraction of sp³-hybridized carbons (Fsp3) is 0.500. The molecule has 2 heterocycles. The molecule has 3 rings (SSSR count). The number of fused-ring (bicyclic) bond motifs is 1. The number of hydrogen-bond acceptors (Lipinski definition) is 5. The molecule has 6 heteroatoms. The van der Waals surface area contributed by atoms with Gasteiger partial charge in [0.1, 0.15) is 10.5 Å². The molecule has 2 aromatic rings. The van der Waals surface area contributed by atoms with Crippen molar-refractivity contribution in [2.75, 3.05) is 6.54 Å². The van der Waals surface area contributed by atoms with Crippen LogP contribution in [0.2, 0.25) is 0 Å². The van der Waals surface area contributed by atoms with E-state index in [0.717, 1.165) is 18.4 Å². The number of hydrogen-bond donors (Lipinski definition) is 3. The van der Waals surface area contributed by atoms with Gasteiger partial charge in [0.2, 0.25) is 0 Å². The quantitative estimate of drug-likeness (QED) is 0.749. The predicted octanol–water partition coefficient (Wildman–Crippen LogP) is 0.845. The topological polar surface area (TPSA) is 78.0 Å². The summed E-state index contributed by atoms with van der Waals surface area (Å²) < 4.78 is 0.664. The standard InChI is InChI=1S/C12H15N3O2S/c16-9(7-1-2-7)5-13-6-10-14-8-3-4-18-11(8)12(17)15-10/h3-4,7,9,13,16H,1-2,5-6H2,(H,14,15,17). The van der Waals surface area contributed by atoms with Crippen molar-refractivity contribution < 1.29 is 5.11 Å². The molecule has 1 aliphatic carbocycles. The van der Waals surface area contributed by atoms with Gasteiger partial charge in [-0.25, -0.2) is 4.98 Å². The molecule has 18 heavy (non-hydrogen) atoms. The molecule has 1 saturated carbocycles. The van der Waals surface area contributed by atoms with E-state index in [1.807, 2.05) is 11.4 Å². The van der Waals surface area contributed by atoms with E-state index in [4.69, 9.17) is 0 Å². The Hall–Kier alpha value is -1.24. The van der Waals surface area contributed by atoms with Crippen LogP contribution >= 0.6 is 11.3 Å². The average Bonchev–Trinajstić information content (AvgIpc) is 3.08. The molecule has 0 bridgehead atoms. The number of aliphatic hydroxyl groups is 1. The van der Waals surface area contributed by atoms with Crippen LogP contribution in [0.1, 0.15) is 18.7 Å². The lowest BCUT2D eigenvalue weighted by Gasteiger charge is -2.09. The molecule has 0 spiro atoms. The van der Waals surface area contributed by atoms with Crippen molar-refractivity contribution in [1.29, 1.82) is 0 Å². The monoisotopic (exact) mass is 265 g/mol. The highest BCUT2D eigenvalue weighted by Gasteiger charge is 2.29. The predicted molar refractivity (Wildman–Crippen MR) is 70.7 cm³/mol. The maximum absolute atomic E-state index is 11.7. The number of nitrogens with one attached hydrogen (secondary N) is 2. The Balaban J connectivity index is 1.65. The van der Waals surface area contributed by atoms with E-state index in [0.29, 0.717) is 29.5 Å². The summed E-state index contributed by atoms with van der Waals surface area (Å²) in [6.07, 6.45) is 1.97. The van der Waals surface area contributed by atoms with Gasteiger partial charge in [-0.15, -0.1) is 11.3 Å². The molecule has 3 N–H and O–H groups in total. The maximum atomic E-state index is 11.7. The minimum Gasteiger partial charge on any atom is -0.392 e. The van der Waals surface area contributed by atoms with Crippen LogP contribution in [0.3, 0.4) is 0 Å².